The summed E-state index contributed by atoms with van der Waals surface area (Å²) in [7, 11) is 0. The van der Waals surface area contributed by atoms with Gasteiger partial charge in [-0.05, 0) is 49.4 Å². The molecule has 1 aromatic carbocycles. The predicted octanol–water partition coefficient (Wildman–Crippen LogP) is 4.46. The fourth-order valence-electron chi connectivity index (χ4n) is 1.43. The van der Waals surface area contributed by atoms with Crippen molar-refractivity contribution in [2.75, 3.05) is 0 Å². The lowest BCUT2D eigenvalue weighted by atomic mass is 10.1. The Morgan fingerprint density at radius 1 is 1.19 bits per heavy atom. The molecule has 1 aromatic heterocycles. The molecule has 16 heavy (non-hydrogen) atoms. The molecule has 0 spiro atoms. The topological polar surface area (TPSA) is 26.0 Å². The van der Waals surface area contributed by atoms with E-state index in [9.17, 15) is 4.39 Å². The fraction of sp³-hybridized carbons (Fsp3) is 0.0909. The molecule has 0 saturated carbocycles. The van der Waals surface area contributed by atoms with Crippen molar-refractivity contribution >= 4 is 43.2 Å². The average molecular weight is 365 g/mol. The number of nitrogens with two attached hydrogens (primary N) is 1. The third kappa shape index (κ3) is 2.22. The van der Waals surface area contributed by atoms with Crippen LogP contribution in [0.2, 0.25) is 0 Å². The smallest absolute Gasteiger partial charge is 0.142 e. The van der Waals surface area contributed by atoms with Crippen LogP contribution in [0, 0.1) is 5.82 Å². The van der Waals surface area contributed by atoms with Crippen molar-refractivity contribution in [2.24, 2.45) is 5.73 Å². The summed E-state index contributed by atoms with van der Waals surface area (Å²) in [6.45, 7) is 0. The highest BCUT2D eigenvalue weighted by Gasteiger charge is 2.18. The Bertz CT molecular complexity index is 512. The number of rotatable bonds is 2. The molecule has 0 aliphatic rings. The van der Waals surface area contributed by atoms with E-state index >= 15 is 0 Å². The molecule has 1 unspecified atom stereocenters. The van der Waals surface area contributed by atoms with E-state index < -0.39 is 6.04 Å². The van der Waals surface area contributed by atoms with Gasteiger partial charge in [0, 0.05) is 14.9 Å². The largest absolute Gasteiger partial charge is 0.319 e. The maximum Gasteiger partial charge on any atom is 0.142 e. The molecule has 2 rings (SSSR count). The van der Waals surface area contributed by atoms with Gasteiger partial charge in [-0.1, -0.05) is 12.1 Å². The van der Waals surface area contributed by atoms with Crippen molar-refractivity contribution in [1.82, 2.24) is 0 Å². The standard InChI is InChI=1S/C11H8Br2FNS/c12-7-3-1-2-6(9(7)14)10(15)11-8(13)4-5-16-11/h1-5,10H,15H2. The molecule has 0 fully saturated rings. The normalized spacial score (nSPS) is 12.8. The number of hydrogen-bond acceptors (Lipinski definition) is 2. The van der Waals surface area contributed by atoms with Gasteiger partial charge in [-0.15, -0.1) is 11.3 Å². The maximum atomic E-state index is 13.8. The van der Waals surface area contributed by atoms with Crippen molar-refractivity contribution in [3.63, 3.8) is 0 Å². The molecule has 0 radical (unpaired) electrons. The van der Waals surface area contributed by atoms with Crippen molar-refractivity contribution in [1.29, 1.82) is 0 Å². The predicted molar refractivity (Wildman–Crippen MR) is 72.1 cm³/mol. The van der Waals surface area contributed by atoms with E-state index in [4.69, 9.17) is 5.73 Å². The first-order valence-electron chi connectivity index (χ1n) is 4.53. The quantitative estimate of drug-likeness (QED) is 0.836. The Labute approximate surface area is 114 Å². The number of benzene rings is 1. The van der Waals surface area contributed by atoms with Gasteiger partial charge in [-0.25, -0.2) is 4.39 Å². The minimum Gasteiger partial charge on any atom is -0.319 e. The SMILES string of the molecule is NC(c1cccc(Br)c1F)c1sccc1Br. The van der Waals surface area contributed by atoms with Crippen LogP contribution in [0.25, 0.3) is 0 Å². The Kier molecular flexibility index (Phi) is 3.79. The minimum atomic E-state index is -0.438. The van der Waals surface area contributed by atoms with Crippen LogP contribution >= 0.6 is 43.2 Å². The summed E-state index contributed by atoms with van der Waals surface area (Å²) in [5.41, 5.74) is 6.55. The summed E-state index contributed by atoms with van der Waals surface area (Å²) in [6.07, 6.45) is 0. The van der Waals surface area contributed by atoms with Crippen LogP contribution in [-0.4, -0.2) is 0 Å². The van der Waals surface area contributed by atoms with Crippen LogP contribution < -0.4 is 5.73 Å². The molecule has 0 saturated heterocycles. The van der Waals surface area contributed by atoms with Gasteiger partial charge in [0.05, 0.1) is 10.5 Å². The van der Waals surface area contributed by atoms with Gasteiger partial charge >= 0.3 is 0 Å². The number of hydrogen-bond donors (Lipinski definition) is 1. The number of halogens is 3. The zero-order valence-electron chi connectivity index (χ0n) is 8.08. The first kappa shape index (κ1) is 12.2. The van der Waals surface area contributed by atoms with Gasteiger partial charge in [0.1, 0.15) is 5.82 Å². The van der Waals surface area contributed by atoms with E-state index in [-0.39, 0.29) is 5.82 Å². The highest BCUT2D eigenvalue weighted by atomic mass is 79.9. The lowest BCUT2D eigenvalue weighted by Crippen LogP contribution is -2.12. The zero-order chi connectivity index (χ0) is 11.7. The summed E-state index contributed by atoms with van der Waals surface area (Å²) in [5, 5.41) is 1.93. The molecule has 0 aliphatic heterocycles. The molecule has 5 heteroatoms. The fourth-order valence-corrected chi connectivity index (χ4v) is 3.45. The van der Waals surface area contributed by atoms with Crippen molar-refractivity contribution in [3.8, 4) is 0 Å². The molecule has 0 amide bonds. The van der Waals surface area contributed by atoms with Crippen molar-refractivity contribution in [2.45, 2.75) is 6.04 Å². The van der Waals surface area contributed by atoms with Crippen LogP contribution in [0.3, 0.4) is 0 Å². The Morgan fingerprint density at radius 2 is 1.94 bits per heavy atom. The van der Waals surface area contributed by atoms with Gasteiger partial charge in [0.15, 0.2) is 0 Å². The lowest BCUT2D eigenvalue weighted by molar-refractivity contribution is 0.594. The summed E-state index contributed by atoms with van der Waals surface area (Å²) in [4.78, 5) is 0.928. The summed E-state index contributed by atoms with van der Waals surface area (Å²) in [5.74, 6) is -0.296. The van der Waals surface area contributed by atoms with Crippen molar-refractivity contribution in [3.05, 3.63) is 54.8 Å². The first-order chi connectivity index (χ1) is 7.61. The summed E-state index contributed by atoms with van der Waals surface area (Å²) in [6, 6.07) is 6.62. The second-order valence-electron chi connectivity index (χ2n) is 3.25. The Balaban J connectivity index is 2.46. The van der Waals surface area contributed by atoms with Crippen LogP contribution in [0.5, 0.6) is 0 Å². The molecule has 0 bridgehead atoms. The van der Waals surface area contributed by atoms with E-state index in [1.54, 1.807) is 18.2 Å². The van der Waals surface area contributed by atoms with Crippen LogP contribution in [0.15, 0.2) is 38.6 Å². The summed E-state index contributed by atoms with van der Waals surface area (Å²) >= 11 is 8.07. The molecule has 1 nitrogen and oxygen atoms in total. The second-order valence-corrected chi connectivity index (χ2v) is 5.91. The van der Waals surface area contributed by atoms with E-state index in [0.717, 1.165) is 9.35 Å². The molecule has 2 N–H and O–H groups in total. The third-order valence-electron chi connectivity index (χ3n) is 2.24. The van der Waals surface area contributed by atoms with Crippen LogP contribution in [0.4, 0.5) is 4.39 Å². The highest BCUT2D eigenvalue weighted by molar-refractivity contribution is 9.10. The van der Waals surface area contributed by atoms with Gasteiger partial charge < -0.3 is 5.73 Å². The number of thiophene rings is 1. The van der Waals surface area contributed by atoms with Gasteiger partial charge in [0.2, 0.25) is 0 Å². The van der Waals surface area contributed by atoms with Gasteiger partial charge in [-0.2, -0.15) is 0 Å². The third-order valence-corrected chi connectivity index (χ3v) is 4.81. The summed E-state index contributed by atoms with van der Waals surface area (Å²) < 4.78 is 15.2. The Hall–Kier alpha value is -0.230. The lowest BCUT2D eigenvalue weighted by Gasteiger charge is -2.12. The molecule has 1 heterocycles. The second kappa shape index (κ2) is 4.96. The monoisotopic (exact) mass is 363 g/mol. The molecule has 1 atom stereocenters. The van der Waals surface area contributed by atoms with Gasteiger partial charge in [-0.3, -0.25) is 0 Å². The zero-order valence-corrected chi connectivity index (χ0v) is 12.1. The molecule has 0 aliphatic carbocycles. The van der Waals surface area contributed by atoms with Crippen molar-refractivity contribution < 1.29 is 4.39 Å². The first-order valence-corrected chi connectivity index (χ1v) is 7.00. The molecular formula is C11H8Br2FNS. The van der Waals surface area contributed by atoms with E-state index in [2.05, 4.69) is 31.9 Å². The van der Waals surface area contributed by atoms with E-state index in [1.165, 1.54) is 11.3 Å². The average Bonchev–Trinajstić information content (AvgIpc) is 2.68. The van der Waals surface area contributed by atoms with E-state index in [0.29, 0.717) is 10.0 Å². The van der Waals surface area contributed by atoms with Crippen LogP contribution in [-0.2, 0) is 0 Å². The maximum absolute atomic E-state index is 13.8. The minimum absolute atomic E-state index is 0.296. The van der Waals surface area contributed by atoms with E-state index in [1.807, 2.05) is 11.4 Å². The highest BCUT2D eigenvalue weighted by Crippen LogP contribution is 2.33. The molecule has 2 aromatic rings. The van der Waals surface area contributed by atoms with Gasteiger partial charge in [0.25, 0.3) is 0 Å². The molecule has 84 valence electrons. The Morgan fingerprint density at radius 3 is 2.56 bits per heavy atom. The van der Waals surface area contributed by atoms with Crippen LogP contribution in [0.1, 0.15) is 16.5 Å². The molecular weight excluding hydrogens is 357 g/mol.